The van der Waals surface area contributed by atoms with Gasteiger partial charge in [0, 0.05) is 17.7 Å². The summed E-state index contributed by atoms with van der Waals surface area (Å²) in [7, 11) is 1.25. The van der Waals surface area contributed by atoms with Gasteiger partial charge < -0.3 is 10.1 Å². The zero-order valence-electron chi connectivity index (χ0n) is 15.2. The number of halogens is 1. The summed E-state index contributed by atoms with van der Waals surface area (Å²) in [5.74, 6) is -0.773. The average Bonchev–Trinajstić information content (AvgIpc) is 3.02. The van der Waals surface area contributed by atoms with Crippen LogP contribution in [0.5, 0.6) is 0 Å². The summed E-state index contributed by atoms with van der Waals surface area (Å²) in [6.07, 6.45) is 1.06. The minimum absolute atomic E-state index is 0.00356. The lowest BCUT2D eigenvalue weighted by atomic mass is 9.73. The zero-order valence-corrected chi connectivity index (χ0v) is 15.2. The number of ketones is 1. The van der Waals surface area contributed by atoms with Crippen LogP contribution in [0.15, 0.2) is 35.5 Å². The largest absolute Gasteiger partial charge is 0.463 e. The summed E-state index contributed by atoms with van der Waals surface area (Å²) in [6, 6.07) is 5.34. The number of ether oxygens (including phenoxy) is 1. The fourth-order valence-electron chi connectivity index (χ4n) is 3.74. The normalized spacial score (nSPS) is 20.6. The Kier molecular flexibility index (Phi) is 3.87. The lowest BCUT2D eigenvalue weighted by molar-refractivity contribution is -0.118. The molecule has 1 aromatic carbocycles. The number of hydrogen-bond acceptors (Lipinski definition) is 6. The summed E-state index contributed by atoms with van der Waals surface area (Å²) in [5, 5.41) is 7.41. The van der Waals surface area contributed by atoms with Gasteiger partial charge in [-0.1, -0.05) is 26.0 Å². The molecule has 1 aliphatic heterocycles. The minimum Gasteiger partial charge on any atom is -0.463 e. The number of allylic oxidation sites excluding steroid dienone is 2. The fourth-order valence-corrected chi connectivity index (χ4v) is 3.74. The van der Waals surface area contributed by atoms with E-state index in [1.807, 2.05) is 13.8 Å². The van der Waals surface area contributed by atoms with Crippen molar-refractivity contribution in [2.75, 3.05) is 12.4 Å². The Balaban J connectivity index is 1.90. The monoisotopic (exact) mass is 370 g/mol. The Morgan fingerprint density at radius 1 is 1.30 bits per heavy atom. The Morgan fingerprint density at radius 2 is 2.00 bits per heavy atom. The SMILES string of the molecule is COC(=O)c1nc2n(n1)[C@H](c1ccc(F)cc1)C1=C(CC(C)(C)CC1=O)N2. The molecule has 1 aliphatic carbocycles. The first-order valence-corrected chi connectivity index (χ1v) is 8.63. The highest BCUT2D eigenvalue weighted by Crippen LogP contribution is 2.45. The molecule has 0 amide bonds. The topological polar surface area (TPSA) is 86.1 Å². The number of benzene rings is 1. The van der Waals surface area contributed by atoms with Gasteiger partial charge in [-0.3, -0.25) is 4.79 Å². The van der Waals surface area contributed by atoms with Gasteiger partial charge in [0.15, 0.2) is 5.78 Å². The number of methoxy groups -OCH3 is 1. The van der Waals surface area contributed by atoms with Crippen LogP contribution >= 0.6 is 0 Å². The molecule has 0 spiro atoms. The van der Waals surface area contributed by atoms with Crippen molar-refractivity contribution in [2.24, 2.45) is 5.41 Å². The van der Waals surface area contributed by atoms with Gasteiger partial charge in [-0.25, -0.2) is 13.9 Å². The van der Waals surface area contributed by atoms with Gasteiger partial charge in [0.1, 0.15) is 11.9 Å². The van der Waals surface area contributed by atoms with Crippen molar-refractivity contribution in [3.05, 3.63) is 52.7 Å². The fraction of sp³-hybridized carbons (Fsp3) is 0.368. The lowest BCUT2D eigenvalue weighted by Gasteiger charge is -2.38. The van der Waals surface area contributed by atoms with Crippen molar-refractivity contribution < 1.29 is 18.7 Å². The molecular formula is C19H19FN4O3. The van der Waals surface area contributed by atoms with Crippen LogP contribution in [0.2, 0.25) is 0 Å². The number of Topliss-reactive ketones (excluding diaryl/α,β-unsaturated/α-hetero) is 1. The van der Waals surface area contributed by atoms with E-state index in [-0.39, 0.29) is 22.8 Å². The summed E-state index contributed by atoms with van der Waals surface area (Å²) >= 11 is 0. The van der Waals surface area contributed by atoms with E-state index in [2.05, 4.69) is 15.4 Å². The van der Waals surface area contributed by atoms with Gasteiger partial charge >= 0.3 is 5.97 Å². The summed E-state index contributed by atoms with van der Waals surface area (Å²) < 4.78 is 19.6. The van der Waals surface area contributed by atoms with Crippen LogP contribution in [0.1, 0.15) is 48.9 Å². The molecule has 2 aromatic rings. The molecule has 1 N–H and O–H groups in total. The molecule has 7 nitrogen and oxygen atoms in total. The molecule has 2 heterocycles. The zero-order chi connectivity index (χ0) is 19.3. The van der Waals surface area contributed by atoms with Crippen molar-refractivity contribution in [2.45, 2.75) is 32.7 Å². The van der Waals surface area contributed by atoms with E-state index in [1.54, 1.807) is 12.1 Å². The smallest absolute Gasteiger partial charge is 0.378 e. The minimum atomic E-state index is -0.666. The lowest BCUT2D eigenvalue weighted by Crippen LogP contribution is -2.36. The van der Waals surface area contributed by atoms with Crippen LogP contribution in [0.3, 0.4) is 0 Å². The Morgan fingerprint density at radius 3 is 2.67 bits per heavy atom. The van der Waals surface area contributed by atoms with Gasteiger partial charge in [-0.2, -0.15) is 4.98 Å². The van der Waals surface area contributed by atoms with Gasteiger partial charge in [-0.05, 0) is 29.5 Å². The van der Waals surface area contributed by atoms with Crippen molar-refractivity contribution in [3.8, 4) is 0 Å². The Bertz CT molecular complexity index is 975. The van der Waals surface area contributed by atoms with Crippen molar-refractivity contribution in [1.29, 1.82) is 0 Å². The van der Waals surface area contributed by atoms with E-state index in [0.29, 0.717) is 29.9 Å². The summed E-state index contributed by atoms with van der Waals surface area (Å²) in [5.41, 5.74) is 1.85. The number of nitrogens with zero attached hydrogens (tertiary/aromatic N) is 3. The first-order valence-electron chi connectivity index (χ1n) is 8.63. The number of hydrogen-bond donors (Lipinski definition) is 1. The van der Waals surface area contributed by atoms with E-state index < -0.39 is 12.0 Å². The number of esters is 1. The highest BCUT2D eigenvalue weighted by molar-refractivity contribution is 6.00. The van der Waals surface area contributed by atoms with Crippen LogP contribution in [0.4, 0.5) is 10.3 Å². The van der Waals surface area contributed by atoms with E-state index in [1.165, 1.54) is 23.9 Å². The number of aromatic nitrogens is 3. The van der Waals surface area contributed by atoms with Crippen molar-refractivity contribution in [1.82, 2.24) is 14.8 Å². The van der Waals surface area contributed by atoms with Crippen LogP contribution in [0.25, 0.3) is 0 Å². The number of anilines is 1. The first kappa shape index (κ1) is 17.4. The molecule has 4 rings (SSSR count). The van der Waals surface area contributed by atoms with E-state index in [4.69, 9.17) is 4.74 Å². The summed E-state index contributed by atoms with van der Waals surface area (Å²) in [4.78, 5) is 29.1. The number of nitrogens with one attached hydrogen (secondary N) is 1. The molecule has 0 saturated carbocycles. The van der Waals surface area contributed by atoms with Gasteiger partial charge in [0.05, 0.1) is 7.11 Å². The molecule has 0 unspecified atom stereocenters. The predicted molar refractivity (Wildman–Crippen MR) is 94.6 cm³/mol. The standard InChI is InChI=1S/C19H19FN4O3/c1-19(2)8-12-14(13(25)9-19)15(10-4-6-11(20)7-5-10)24-18(21-12)22-16(23-24)17(26)27-3/h4-7,15H,8-9H2,1-3H3,(H,21,22,23)/t15-/m1/s1. The van der Waals surface area contributed by atoms with Crippen LogP contribution in [0, 0.1) is 11.2 Å². The molecule has 0 saturated heterocycles. The van der Waals surface area contributed by atoms with Gasteiger partial charge in [0.25, 0.3) is 5.82 Å². The molecule has 1 atom stereocenters. The highest BCUT2D eigenvalue weighted by Gasteiger charge is 2.42. The van der Waals surface area contributed by atoms with E-state index >= 15 is 0 Å². The molecule has 8 heteroatoms. The first-order chi connectivity index (χ1) is 12.8. The Hall–Kier alpha value is -3.03. The third kappa shape index (κ3) is 2.90. The van der Waals surface area contributed by atoms with Crippen molar-refractivity contribution >= 4 is 17.7 Å². The molecular weight excluding hydrogens is 351 g/mol. The van der Waals surface area contributed by atoms with Gasteiger partial charge in [-0.15, -0.1) is 5.10 Å². The van der Waals surface area contributed by atoms with Crippen molar-refractivity contribution in [3.63, 3.8) is 0 Å². The van der Waals surface area contributed by atoms with Crippen LogP contribution in [-0.4, -0.2) is 33.6 Å². The molecule has 0 fully saturated rings. The molecule has 1 aromatic heterocycles. The predicted octanol–water partition coefficient (Wildman–Crippen LogP) is 2.86. The third-order valence-electron chi connectivity index (χ3n) is 4.89. The molecule has 2 aliphatic rings. The quantitative estimate of drug-likeness (QED) is 0.818. The number of carbonyl (C=O) groups excluding carboxylic acids is 2. The van der Waals surface area contributed by atoms with Gasteiger partial charge in [0.2, 0.25) is 5.95 Å². The maximum Gasteiger partial charge on any atom is 0.378 e. The number of fused-ring (bicyclic) bond motifs is 1. The van der Waals surface area contributed by atoms with Crippen LogP contribution in [-0.2, 0) is 9.53 Å². The molecule has 0 bridgehead atoms. The highest BCUT2D eigenvalue weighted by atomic mass is 19.1. The van der Waals surface area contributed by atoms with E-state index in [9.17, 15) is 14.0 Å². The Labute approximate surface area is 155 Å². The second kappa shape index (κ2) is 6.00. The molecule has 140 valence electrons. The van der Waals surface area contributed by atoms with E-state index in [0.717, 1.165) is 5.70 Å². The molecule has 27 heavy (non-hydrogen) atoms. The van der Waals surface area contributed by atoms with Crippen LogP contribution < -0.4 is 5.32 Å². The summed E-state index contributed by atoms with van der Waals surface area (Å²) in [6.45, 7) is 4.06. The number of carbonyl (C=O) groups is 2. The molecule has 0 radical (unpaired) electrons. The third-order valence-corrected chi connectivity index (χ3v) is 4.89. The average molecular weight is 370 g/mol. The second-order valence-electron chi connectivity index (χ2n) is 7.61. The second-order valence-corrected chi connectivity index (χ2v) is 7.61. The maximum atomic E-state index is 13.4. The maximum absolute atomic E-state index is 13.4. The number of rotatable bonds is 2.